The van der Waals surface area contributed by atoms with Gasteiger partial charge in [0.05, 0.1) is 10.5 Å². The molecule has 0 unspecified atom stereocenters. The first-order valence-electron chi connectivity index (χ1n) is 5.57. The fourth-order valence-electron chi connectivity index (χ4n) is 1.79. The van der Waals surface area contributed by atoms with E-state index in [1.807, 2.05) is 0 Å². The maximum absolute atomic E-state index is 13.3. The molecule has 0 fully saturated rings. The highest BCUT2D eigenvalue weighted by atomic mass is 19.4. The molecule has 0 aliphatic rings. The Bertz CT molecular complexity index is 685. The largest absolute Gasteiger partial charge is 0.573 e. The number of benzene rings is 2. The van der Waals surface area contributed by atoms with Gasteiger partial charge in [0.15, 0.2) is 0 Å². The Kier molecular flexibility index (Phi) is 3.79. The molecule has 0 spiro atoms. The molecule has 8 heteroatoms. The molecule has 4 nitrogen and oxygen atoms in total. The van der Waals surface area contributed by atoms with E-state index in [0.717, 1.165) is 24.3 Å². The van der Waals surface area contributed by atoms with Crippen molar-refractivity contribution in [3.05, 3.63) is 58.4 Å². The van der Waals surface area contributed by atoms with Crippen LogP contribution >= 0.6 is 0 Å². The summed E-state index contributed by atoms with van der Waals surface area (Å²) in [5.74, 6) is -1.45. The standard InChI is InChI=1S/C13H7F4NO3/c14-8-5-6-11(18(19)20)10(7-8)9-3-1-2-4-12(9)21-13(15,16)17/h1-7H. The Morgan fingerprint density at radius 1 is 1.05 bits per heavy atom. The van der Waals surface area contributed by atoms with Gasteiger partial charge in [-0.15, -0.1) is 13.2 Å². The highest BCUT2D eigenvalue weighted by molar-refractivity contribution is 5.78. The number of halogens is 4. The van der Waals surface area contributed by atoms with Gasteiger partial charge in [-0.2, -0.15) is 0 Å². The third kappa shape index (κ3) is 3.47. The molecule has 0 heterocycles. The summed E-state index contributed by atoms with van der Waals surface area (Å²) >= 11 is 0. The van der Waals surface area contributed by atoms with E-state index >= 15 is 0 Å². The minimum absolute atomic E-state index is 0.221. The molecule has 0 amide bonds. The number of para-hydroxylation sites is 1. The number of rotatable bonds is 3. The summed E-state index contributed by atoms with van der Waals surface area (Å²) in [7, 11) is 0. The topological polar surface area (TPSA) is 52.4 Å². The second-order valence-electron chi connectivity index (χ2n) is 3.96. The minimum atomic E-state index is -4.96. The van der Waals surface area contributed by atoms with Gasteiger partial charge in [-0.1, -0.05) is 18.2 Å². The molecule has 2 rings (SSSR count). The SMILES string of the molecule is O=[N+]([O-])c1ccc(F)cc1-c1ccccc1OC(F)(F)F. The van der Waals surface area contributed by atoms with Gasteiger partial charge in [0.25, 0.3) is 5.69 Å². The van der Waals surface area contributed by atoms with Crippen LogP contribution in [0.4, 0.5) is 23.2 Å². The van der Waals surface area contributed by atoms with E-state index in [2.05, 4.69) is 4.74 Å². The number of nitrogens with zero attached hydrogens (tertiary/aromatic N) is 1. The van der Waals surface area contributed by atoms with Gasteiger partial charge in [0.2, 0.25) is 0 Å². The molecular weight excluding hydrogens is 294 g/mol. The van der Waals surface area contributed by atoms with Crippen molar-refractivity contribution in [2.45, 2.75) is 6.36 Å². The lowest BCUT2D eigenvalue weighted by Crippen LogP contribution is -2.17. The molecule has 0 N–H and O–H groups in total. The Hall–Kier alpha value is -2.64. The number of hydrogen-bond acceptors (Lipinski definition) is 3. The zero-order valence-corrected chi connectivity index (χ0v) is 10.2. The van der Waals surface area contributed by atoms with Crippen molar-refractivity contribution in [3.63, 3.8) is 0 Å². The molecule has 110 valence electrons. The van der Waals surface area contributed by atoms with Gasteiger partial charge in [-0.05, 0) is 18.2 Å². The van der Waals surface area contributed by atoms with E-state index in [9.17, 15) is 27.7 Å². The number of nitro groups is 1. The van der Waals surface area contributed by atoms with Crippen molar-refractivity contribution in [2.75, 3.05) is 0 Å². The first-order valence-corrected chi connectivity index (χ1v) is 5.57. The van der Waals surface area contributed by atoms with E-state index < -0.39 is 28.5 Å². The lowest BCUT2D eigenvalue weighted by atomic mass is 10.0. The molecule has 0 bridgehead atoms. The maximum Gasteiger partial charge on any atom is 0.573 e. The van der Waals surface area contributed by atoms with Crippen molar-refractivity contribution in [2.24, 2.45) is 0 Å². The quantitative estimate of drug-likeness (QED) is 0.482. The van der Waals surface area contributed by atoms with Gasteiger partial charge >= 0.3 is 6.36 Å². The van der Waals surface area contributed by atoms with Crippen molar-refractivity contribution in [3.8, 4) is 16.9 Å². The molecule has 0 saturated heterocycles. The van der Waals surface area contributed by atoms with Crippen molar-refractivity contribution >= 4 is 5.69 Å². The molecule has 0 radical (unpaired) electrons. The Morgan fingerprint density at radius 2 is 1.71 bits per heavy atom. The number of nitro benzene ring substituents is 1. The Morgan fingerprint density at radius 3 is 2.33 bits per heavy atom. The van der Waals surface area contributed by atoms with Crippen molar-refractivity contribution < 1.29 is 27.2 Å². The second kappa shape index (κ2) is 5.39. The molecule has 0 saturated carbocycles. The smallest absolute Gasteiger partial charge is 0.405 e. The summed E-state index contributed by atoms with van der Waals surface area (Å²) in [5, 5.41) is 10.9. The average Bonchev–Trinajstić information content (AvgIpc) is 2.37. The van der Waals surface area contributed by atoms with Crippen LogP contribution in [0, 0.1) is 15.9 Å². The summed E-state index contributed by atoms with van der Waals surface area (Å²) in [6.07, 6.45) is -4.96. The Balaban J connectivity index is 2.62. The van der Waals surface area contributed by atoms with E-state index in [1.165, 1.54) is 18.2 Å². The van der Waals surface area contributed by atoms with E-state index in [0.29, 0.717) is 0 Å². The molecule has 21 heavy (non-hydrogen) atoms. The summed E-state index contributed by atoms with van der Waals surface area (Å²) in [6.45, 7) is 0. The van der Waals surface area contributed by atoms with Crippen LogP contribution in [0.15, 0.2) is 42.5 Å². The minimum Gasteiger partial charge on any atom is -0.405 e. The Labute approximate surface area is 115 Å². The van der Waals surface area contributed by atoms with Gasteiger partial charge in [-0.3, -0.25) is 10.1 Å². The van der Waals surface area contributed by atoms with Crippen LogP contribution < -0.4 is 4.74 Å². The molecule has 0 aliphatic heterocycles. The highest BCUT2D eigenvalue weighted by Crippen LogP contribution is 2.38. The predicted octanol–water partition coefficient (Wildman–Crippen LogP) is 4.30. The average molecular weight is 301 g/mol. The van der Waals surface area contributed by atoms with Crippen LogP contribution in [-0.2, 0) is 0 Å². The number of hydrogen-bond donors (Lipinski definition) is 0. The normalized spacial score (nSPS) is 11.2. The van der Waals surface area contributed by atoms with Gasteiger partial charge < -0.3 is 4.74 Å². The molecule has 2 aromatic carbocycles. The fraction of sp³-hybridized carbons (Fsp3) is 0.0769. The van der Waals surface area contributed by atoms with Crippen LogP contribution in [0.2, 0.25) is 0 Å². The monoisotopic (exact) mass is 301 g/mol. The summed E-state index contributed by atoms with van der Waals surface area (Å²) in [4.78, 5) is 10.1. The van der Waals surface area contributed by atoms with Gasteiger partial charge in [0, 0.05) is 11.6 Å². The van der Waals surface area contributed by atoms with E-state index in [1.54, 1.807) is 0 Å². The summed E-state index contributed by atoms with van der Waals surface area (Å²) in [6, 6.07) is 7.35. The first-order chi connectivity index (χ1) is 9.78. The van der Waals surface area contributed by atoms with Crippen LogP contribution in [0.25, 0.3) is 11.1 Å². The highest BCUT2D eigenvalue weighted by Gasteiger charge is 2.33. The fourth-order valence-corrected chi connectivity index (χ4v) is 1.79. The molecule has 0 aliphatic carbocycles. The second-order valence-corrected chi connectivity index (χ2v) is 3.96. The molecule has 0 atom stereocenters. The van der Waals surface area contributed by atoms with E-state index in [4.69, 9.17) is 0 Å². The van der Waals surface area contributed by atoms with Crippen LogP contribution in [0.5, 0.6) is 5.75 Å². The third-order valence-corrected chi connectivity index (χ3v) is 2.56. The molecular formula is C13H7F4NO3. The summed E-state index contributed by atoms with van der Waals surface area (Å²) < 4.78 is 54.1. The molecule has 0 aromatic heterocycles. The van der Waals surface area contributed by atoms with Gasteiger partial charge in [0.1, 0.15) is 11.6 Å². The van der Waals surface area contributed by atoms with Crippen LogP contribution in [0.3, 0.4) is 0 Å². The zero-order chi connectivity index (χ0) is 15.6. The van der Waals surface area contributed by atoms with Crippen molar-refractivity contribution in [1.82, 2.24) is 0 Å². The zero-order valence-electron chi connectivity index (χ0n) is 10.2. The first kappa shape index (κ1) is 14.8. The van der Waals surface area contributed by atoms with Crippen molar-refractivity contribution in [1.29, 1.82) is 0 Å². The molecule has 2 aromatic rings. The van der Waals surface area contributed by atoms with Gasteiger partial charge in [-0.25, -0.2) is 4.39 Å². The van der Waals surface area contributed by atoms with Crippen LogP contribution in [-0.4, -0.2) is 11.3 Å². The lowest BCUT2D eigenvalue weighted by Gasteiger charge is -2.13. The van der Waals surface area contributed by atoms with Crippen LogP contribution in [0.1, 0.15) is 0 Å². The maximum atomic E-state index is 13.3. The third-order valence-electron chi connectivity index (χ3n) is 2.56. The predicted molar refractivity (Wildman–Crippen MR) is 65.2 cm³/mol. The number of ether oxygens (including phenoxy) is 1. The lowest BCUT2D eigenvalue weighted by molar-refractivity contribution is -0.384. The number of alkyl halides is 3. The van der Waals surface area contributed by atoms with E-state index in [-0.39, 0.29) is 11.1 Å². The summed E-state index contributed by atoms with van der Waals surface area (Å²) in [5.41, 5.74) is -1.03.